The molecule has 0 aromatic heterocycles. The number of thioether (sulfide) groups is 1. The molecule has 0 saturated carbocycles. The maximum absolute atomic E-state index is 10.5. The van der Waals surface area contributed by atoms with Gasteiger partial charge in [0, 0.05) is 12.2 Å². The van der Waals surface area contributed by atoms with Crippen LogP contribution in [0.2, 0.25) is 0 Å². The average Bonchev–Trinajstić information content (AvgIpc) is 2.65. The van der Waals surface area contributed by atoms with E-state index in [1.165, 1.54) is 0 Å². The zero-order valence-corrected chi connectivity index (χ0v) is 10.5. The van der Waals surface area contributed by atoms with Crippen molar-refractivity contribution in [3.05, 3.63) is 23.8 Å². The fourth-order valence-corrected chi connectivity index (χ4v) is 3.51. The highest BCUT2D eigenvalue weighted by molar-refractivity contribution is 7.99. The summed E-state index contributed by atoms with van der Waals surface area (Å²) in [5.41, 5.74) is 0.266. The number of rotatable bonds is 1. The quantitative estimate of drug-likeness (QED) is 0.831. The van der Waals surface area contributed by atoms with Gasteiger partial charge in [-0.25, -0.2) is 0 Å². The summed E-state index contributed by atoms with van der Waals surface area (Å²) >= 11 is 1.80. The molecule has 4 heteroatoms. The topological polar surface area (TPSA) is 38.7 Å². The molecule has 2 aliphatic heterocycles. The van der Waals surface area contributed by atoms with Crippen LogP contribution in [0.3, 0.4) is 0 Å². The van der Waals surface area contributed by atoms with E-state index in [4.69, 9.17) is 9.47 Å². The fraction of sp³-hybridized carbons (Fsp3) is 0.538. The summed E-state index contributed by atoms with van der Waals surface area (Å²) in [5, 5.41) is 10.5. The second-order valence-corrected chi connectivity index (χ2v) is 5.65. The lowest BCUT2D eigenvalue weighted by molar-refractivity contribution is 0.0654. The highest BCUT2D eigenvalue weighted by Gasteiger charge is 2.34. The highest BCUT2D eigenvalue weighted by atomic mass is 32.2. The minimum Gasteiger partial charge on any atom is -0.490 e. The SMILES string of the molecule is OC1(c2ccc3c(c2)OCCCO3)CCSC1. The normalized spacial score (nSPS) is 27.8. The Labute approximate surface area is 105 Å². The van der Waals surface area contributed by atoms with Crippen molar-refractivity contribution in [2.24, 2.45) is 0 Å². The number of hydrogen-bond acceptors (Lipinski definition) is 4. The van der Waals surface area contributed by atoms with E-state index in [-0.39, 0.29) is 0 Å². The standard InChI is InChI=1S/C13H16O3S/c14-13(4-7-17-9-13)10-2-3-11-12(8-10)16-6-1-5-15-11/h2-3,8,14H,1,4-7,9H2. The Hall–Kier alpha value is -0.870. The number of hydrogen-bond donors (Lipinski definition) is 1. The number of aliphatic hydroxyl groups is 1. The summed E-state index contributed by atoms with van der Waals surface area (Å²) in [7, 11) is 0. The monoisotopic (exact) mass is 252 g/mol. The predicted octanol–water partition coefficient (Wildman–Crippen LogP) is 2.17. The second-order valence-electron chi connectivity index (χ2n) is 4.55. The van der Waals surface area contributed by atoms with Gasteiger partial charge in [-0.05, 0) is 29.9 Å². The van der Waals surface area contributed by atoms with E-state index in [1.54, 1.807) is 11.8 Å². The van der Waals surface area contributed by atoms with Gasteiger partial charge in [0.05, 0.1) is 18.8 Å². The zero-order valence-electron chi connectivity index (χ0n) is 9.65. The molecule has 0 amide bonds. The van der Waals surface area contributed by atoms with E-state index >= 15 is 0 Å². The van der Waals surface area contributed by atoms with Crippen molar-refractivity contribution in [2.45, 2.75) is 18.4 Å². The van der Waals surface area contributed by atoms with Crippen LogP contribution in [-0.2, 0) is 5.60 Å². The molecule has 1 atom stereocenters. The van der Waals surface area contributed by atoms with Crippen LogP contribution < -0.4 is 9.47 Å². The second kappa shape index (κ2) is 4.42. The van der Waals surface area contributed by atoms with Crippen molar-refractivity contribution >= 4 is 11.8 Å². The lowest BCUT2D eigenvalue weighted by atomic mass is 9.93. The van der Waals surface area contributed by atoms with Crippen molar-refractivity contribution in [1.29, 1.82) is 0 Å². The van der Waals surface area contributed by atoms with Crippen LogP contribution >= 0.6 is 11.8 Å². The summed E-state index contributed by atoms with van der Waals surface area (Å²) in [5.74, 6) is 3.35. The van der Waals surface area contributed by atoms with Gasteiger partial charge in [-0.15, -0.1) is 0 Å². The maximum atomic E-state index is 10.5. The van der Waals surface area contributed by atoms with Gasteiger partial charge in [0.2, 0.25) is 0 Å². The Bertz CT molecular complexity index is 413. The molecule has 1 saturated heterocycles. The lowest BCUT2D eigenvalue weighted by Gasteiger charge is -2.22. The van der Waals surface area contributed by atoms with Crippen LogP contribution in [0.1, 0.15) is 18.4 Å². The highest BCUT2D eigenvalue weighted by Crippen LogP contribution is 2.40. The van der Waals surface area contributed by atoms with Crippen LogP contribution in [0, 0.1) is 0 Å². The molecule has 92 valence electrons. The Morgan fingerprint density at radius 2 is 2.00 bits per heavy atom. The van der Waals surface area contributed by atoms with Crippen LogP contribution in [0.4, 0.5) is 0 Å². The van der Waals surface area contributed by atoms with Crippen molar-refractivity contribution in [3.63, 3.8) is 0 Å². The minimum absolute atomic E-state index is 0.684. The summed E-state index contributed by atoms with van der Waals surface area (Å²) in [4.78, 5) is 0. The molecule has 3 nitrogen and oxygen atoms in total. The average molecular weight is 252 g/mol. The Kier molecular flexibility index (Phi) is 2.92. The molecule has 1 aromatic rings. The fourth-order valence-electron chi connectivity index (χ4n) is 2.23. The first-order valence-electron chi connectivity index (χ1n) is 5.98. The van der Waals surface area contributed by atoms with Crippen molar-refractivity contribution in [1.82, 2.24) is 0 Å². The first kappa shape index (κ1) is 11.2. The molecule has 0 radical (unpaired) electrons. The molecule has 1 fully saturated rings. The van der Waals surface area contributed by atoms with Crippen molar-refractivity contribution in [3.8, 4) is 11.5 Å². The van der Waals surface area contributed by atoms with E-state index in [0.717, 1.165) is 41.4 Å². The summed E-state index contributed by atoms with van der Waals surface area (Å²) in [6.07, 6.45) is 1.72. The molecule has 1 N–H and O–H groups in total. The number of ether oxygens (including phenoxy) is 2. The van der Waals surface area contributed by atoms with Gasteiger partial charge < -0.3 is 14.6 Å². The van der Waals surface area contributed by atoms with Crippen molar-refractivity contribution in [2.75, 3.05) is 24.7 Å². The third-order valence-electron chi connectivity index (χ3n) is 3.29. The molecule has 0 aliphatic carbocycles. The Balaban J connectivity index is 1.94. The smallest absolute Gasteiger partial charge is 0.161 e. The maximum Gasteiger partial charge on any atom is 0.161 e. The van der Waals surface area contributed by atoms with E-state index < -0.39 is 5.60 Å². The van der Waals surface area contributed by atoms with Gasteiger partial charge in [0.25, 0.3) is 0 Å². The first-order valence-corrected chi connectivity index (χ1v) is 7.14. The molecule has 1 aromatic carbocycles. The number of fused-ring (bicyclic) bond motifs is 1. The Morgan fingerprint density at radius 1 is 1.18 bits per heavy atom. The number of benzene rings is 1. The first-order chi connectivity index (χ1) is 8.28. The largest absolute Gasteiger partial charge is 0.490 e. The molecular weight excluding hydrogens is 236 g/mol. The van der Waals surface area contributed by atoms with Gasteiger partial charge >= 0.3 is 0 Å². The summed E-state index contributed by atoms with van der Waals surface area (Å²) in [6.45, 7) is 1.39. The molecule has 3 rings (SSSR count). The van der Waals surface area contributed by atoms with E-state index in [2.05, 4.69) is 0 Å². The van der Waals surface area contributed by atoms with Gasteiger partial charge in [0.15, 0.2) is 11.5 Å². The van der Waals surface area contributed by atoms with Crippen LogP contribution in [0.15, 0.2) is 18.2 Å². The minimum atomic E-state index is -0.685. The third kappa shape index (κ3) is 2.11. The van der Waals surface area contributed by atoms with Gasteiger partial charge in [-0.3, -0.25) is 0 Å². The van der Waals surface area contributed by atoms with E-state index in [9.17, 15) is 5.11 Å². The van der Waals surface area contributed by atoms with Crippen LogP contribution in [-0.4, -0.2) is 29.8 Å². The summed E-state index contributed by atoms with van der Waals surface area (Å²) < 4.78 is 11.2. The molecule has 17 heavy (non-hydrogen) atoms. The van der Waals surface area contributed by atoms with Gasteiger partial charge in [0.1, 0.15) is 0 Å². The molecular formula is C13H16O3S. The van der Waals surface area contributed by atoms with Gasteiger partial charge in [-0.2, -0.15) is 11.8 Å². The Morgan fingerprint density at radius 3 is 2.76 bits per heavy atom. The lowest BCUT2D eigenvalue weighted by Crippen LogP contribution is -2.24. The van der Waals surface area contributed by atoms with Crippen LogP contribution in [0.25, 0.3) is 0 Å². The van der Waals surface area contributed by atoms with Gasteiger partial charge in [-0.1, -0.05) is 6.07 Å². The van der Waals surface area contributed by atoms with Crippen LogP contribution in [0.5, 0.6) is 11.5 Å². The molecule has 0 spiro atoms. The predicted molar refractivity (Wildman–Crippen MR) is 67.9 cm³/mol. The van der Waals surface area contributed by atoms with E-state index in [1.807, 2.05) is 18.2 Å². The molecule has 0 bridgehead atoms. The zero-order chi connectivity index (χ0) is 11.7. The van der Waals surface area contributed by atoms with Crippen molar-refractivity contribution < 1.29 is 14.6 Å². The third-order valence-corrected chi connectivity index (χ3v) is 4.46. The van der Waals surface area contributed by atoms with E-state index in [0.29, 0.717) is 13.2 Å². The molecule has 2 aliphatic rings. The molecule has 1 unspecified atom stereocenters. The summed E-state index contributed by atoms with van der Waals surface area (Å²) in [6, 6.07) is 5.81. The molecule has 2 heterocycles.